The van der Waals surface area contributed by atoms with Crippen molar-refractivity contribution < 1.29 is 14.3 Å². The zero-order valence-electron chi connectivity index (χ0n) is 8.84. The van der Waals surface area contributed by atoms with Gasteiger partial charge >= 0.3 is 5.97 Å². The molecular formula is C10H13FN2O2. The second kappa shape index (κ2) is 3.84. The Labute approximate surface area is 87.1 Å². The average molecular weight is 212 g/mol. The van der Waals surface area contributed by atoms with Crippen LogP contribution in [0.2, 0.25) is 0 Å². The first-order chi connectivity index (χ1) is 6.81. The van der Waals surface area contributed by atoms with Crippen LogP contribution in [-0.4, -0.2) is 21.6 Å². The van der Waals surface area contributed by atoms with E-state index in [1.807, 2.05) is 20.8 Å². The van der Waals surface area contributed by atoms with Crippen LogP contribution in [0.15, 0.2) is 12.3 Å². The molecule has 15 heavy (non-hydrogen) atoms. The lowest BCUT2D eigenvalue weighted by Crippen LogP contribution is -2.27. The molecule has 0 aromatic carbocycles. The predicted octanol–water partition coefficient (Wildman–Crippen LogP) is 2.13. The van der Waals surface area contributed by atoms with E-state index in [2.05, 4.69) is 10.3 Å². The molecule has 0 radical (unpaired) electrons. The molecule has 0 atom stereocenters. The minimum atomic E-state index is -1.30. The molecule has 2 N–H and O–H groups in total. The highest BCUT2D eigenvalue weighted by Crippen LogP contribution is 2.18. The van der Waals surface area contributed by atoms with Crippen molar-refractivity contribution in [2.45, 2.75) is 26.3 Å². The summed E-state index contributed by atoms with van der Waals surface area (Å²) in [5.74, 6) is -2.17. The number of rotatable bonds is 2. The highest BCUT2D eigenvalue weighted by Gasteiger charge is 2.18. The molecule has 0 fully saturated rings. The fourth-order valence-corrected chi connectivity index (χ4v) is 1.05. The number of carboxylic acids is 1. The number of pyridine rings is 1. The van der Waals surface area contributed by atoms with E-state index in [1.54, 1.807) is 0 Å². The Balaban J connectivity index is 3.10. The number of aromatic nitrogens is 1. The molecule has 1 aromatic heterocycles. The maximum Gasteiger partial charge on any atom is 0.338 e. The molecule has 0 amide bonds. The lowest BCUT2D eigenvalue weighted by molar-refractivity contribution is 0.0691. The number of hydrogen-bond donors (Lipinski definition) is 2. The van der Waals surface area contributed by atoms with E-state index in [0.717, 1.165) is 6.07 Å². The second-order valence-electron chi connectivity index (χ2n) is 4.20. The Morgan fingerprint density at radius 2 is 2.13 bits per heavy atom. The standard InChI is InChI=1S/C10H13FN2O2/c1-10(2,3)13-8-7(11)6(9(14)15)4-5-12-8/h4-5H,1-3H3,(H,12,13)(H,14,15). The first-order valence-electron chi connectivity index (χ1n) is 4.47. The zero-order valence-corrected chi connectivity index (χ0v) is 8.84. The summed E-state index contributed by atoms with van der Waals surface area (Å²) in [6.45, 7) is 5.50. The molecule has 1 rings (SSSR count). The second-order valence-corrected chi connectivity index (χ2v) is 4.20. The van der Waals surface area contributed by atoms with Crippen LogP contribution in [0.4, 0.5) is 10.2 Å². The summed E-state index contributed by atoms with van der Waals surface area (Å²) in [6, 6.07) is 1.13. The molecule has 0 aliphatic rings. The van der Waals surface area contributed by atoms with Crippen molar-refractivity contribution in [1.29, 1.82) is 0 Å². The van der Waals surface area contributed by atoms with Gasteiger partial charge in [0.2, 0.25) is 0 Å². The van der Waals surface area contributed by atoms with Crippen molar-refractivity contribution in [2.24, 2.45) is 0 Å². The van der Waals surface area contributed by atoms with E-state index in [-0.39, 0.29) is 16.9 Å². The first kappa shape index (κ1) is 11.4. The third kappa shape index (κ3) is 2.90. The van der Waals surface area contributed by atoms with Gasteiger partial charge in [-0.1, -0.05) is 0 Å². The van der Waals surface area contributed by atoms with Gasteiger partial charge in [-0.15, -0.1) is 0 Å². The molecule has 5 heteroatoms. The number of nitrogens with one attached hydrogen (secondary N) is 1. The molecule has 1 aromatic rings. The van der Waals surface area contributed by atoms with Crippen LogP contribution in [0.5, 0.6) is 0 Å². The van der Waals surface area contributed by atoms with Crippen molar-refractivity contribution in [3.8, 4) is 0 Å². The Hall–Kier alpha value is -1.65. The van der Waals surface area contributed by atoms with Crippen LogP contribution in [0, 0.1) is 5.82 Å². The van der Waals surface area contributed by atoms with Crippen LogP contribution < -0.4 is 5.32 Å². The van der Waals surface area contributed by atoms with Gasteiger partial charge in [-0.05, 0) is 26.8 Å². The number of carbonyl (C=O) groups is 1. The third-order valence-corrected chi connectivity index (χ3v) is 1.61. The molecule has 0 aliphatic heterocycles. The van der Waals surface area contributed by atoms with Gasteiger partial charge in [-0.3, -0.25) is 0 Å². The number of hydrogen-bond acceptors (Lipinski definition) is 3. The zero-order chi connectivity index (χ0) is 11.6. The van der Waals surface area contributed by atoms with E-state index >= 15 is 0 Å². The smallest absolute Gasteiger partial charge is 0.338 e. The summed E-state index contributed by atoms with van der Waals surface area (Å²) in [5, 5.41) is 11.5. The Bertz CT molecular complexity index is 385. The number of aromatic carboxylic acids is 1. The van der Waals surface area contributed by atoms with Crippen LogP contribution in [-0.2, 0) is 0 Å². The molecule has 0 spiro atoms. The minimum Gasteiger partial charge on any atom is -0.478 e. The van der Waals surface area contributed by atoms with Crippen molar-refractivity contribution >= 4 is 11.8 Å². The van der Waals surface area contributed by atoms with Gasteiger partial charge in [-0.2, -0.15) is 0 Å². The van der Waals surface area contributed by atoms with Crippen molar-refractivity contribution in [1.82, 2.24) is 4.98 Å². The quantitative estimate of drug-likeness (QED) is 0.788. The van der Waals surface area contributed by atoms with Gasteiger partial charge in [0.1, 0.15) is 5.56 Å². The normalized spacial score (nSPS) is 11.2. The predicted molar refractivity (Wildman–Crippen MR) is 54.5 cm³/mol. The van der Waals surface area contributed by atoms with E-state index in [9.17, 15) is 9.18 Å². The topological polar surface area (TPSA) is 62.2 Å². The molecule has 82 valence electrons. The molecule has 0 saturated heterocycles. The van der Waals surface area contributed by atoms with Crippen LogP contribution >= 0.6 is 0 Å². The van der Waals surface area contributed by atoms with E-state index in [0.29, 0.717) is 0 Å². The minimum absolute atomic E-state index is 0.0394. The van der Waals surface area contributed by atoms with Gasteiger partial charge in [-0.25, -0.2) is 14.2 Å². The first-order valence-corrected chi connectivity index (χ1v) is 4.47. The molecule has 0 aliphatic carbocycles. The summed E-state index contributed by atoms with van der Waals surface area (Å²) in [6.07, 6.45) is 1.26. The van der Waals surface area contributed by atoms with Crippen molar-refractivity contribution in [2.75, 3.05) is 5.32 Å². The number of halogens is 1. The SMILES string of the molecule is CC(C)(C)Nc1nccc(C(=O)O)c1F. The molecular weight excluding hydrogens is 199 g/mol. The maximum atomic E-state index is 13.5. The highest BCUT2D eigenvalue weighted by atomic mass is 19.1. The Kier molecular flexibility index (Phi) is 2.93. The molecule has 0 saturated carbocycles. The number of carboxylic acid groups (broad SMARTS) is 1. The fourth-order valence-electron chi connectivity index (χ4n) is 1.05. The summed E-state index contributed by atoms with van der Waals surface area (Å²) in [5.41, 5.74) is -0.748. The maximum absolute atomic E-state index is 13.5. The fraction of sp³-hybridized carbons (Fsp3) is 0.400. The van der Waals surface area contributed by atoms with Gasteiger partial charge in [0, 0.05) is 11.7 Å². The molecule has 1 heterocycles. The van der Waals surface area contributed by atoms with Gasteiger partial charge < -0.3 is 10.4 Å². The summed E-state index contributed by atoms with van der Waals surface area (Å²) < 4.78 is 13.5. The summed E-state index contributed by atoms with van der Waals surface area (Å²) in [4.78, 5) is 14.4. The van der Waals surface area contributed by atoms with Crippen molar-refractivity contribution in [3.63, 3.8) is 0 Å². The lowest BCUT2D eigenvalue weighted by atomic mass is 10.1. The molecule has 4 nitrogen and oxygen atoms in total. The van der Waals surface area contributed by atoms with E-state index in [4.69, 9.17) is 5.11 Å². The molecule has 0 bridgehead atoms. The average Bonchev–Trinajstić information content (AvgIpc) is 2.05. The van der Waals surface area contributed by atoms with Crippen LogP contribution in [0.25, 0.3) is 0 Å². The number of nitrogens with zero attached hydrogens (tertiary/aromatic N) is 1. The highest BCUT2D eigenvalue weighted by molar-refractivity contribution is 5.88. The van der Waals surface area contributed by atoms with Crippen LogP contribution in [0.3, 0.4) is 0 Å². The van der Waals surface area contributed by atoms with E-state index in [1.165, 1.54) is 6.20 Å². The third-order valence-electron chi connectivity index (χ3n) is 1.61. The van der Waals surface area contributed by atoms with Crippen LogP contribution in [0.1, 0.15) is 31.1 Å². The Morgan fingerprint density at radius 3 is 2.60 bits per heavy atom. The lowest BCUT2D eigenvalue weighted by Gasteiger charge is -2.21. The largest absolute Gasteiger partial charge is 0.478 e. The molecule has 0 unspecified atom stereocenters. The van der Waals surface area contributed by atoms with Gasteiger partial charge in [0.25, 0.3) is 0 Å². The van der Waals surface area contributed by atoms with E-state index < -0.39 is 11.8 Å². The van der Waals surface area contributed by atoms with Crippen molar-refractivity contribution in [3.05, 3.63) is 23.6 Å². The Morgan fingerprint density at radius 1 is 1.53 bits per heavy atom. The van der Waals surface area contributed by atoms with Gasteiger partial charge in [0.15, 0.2) is 11.6 Å². The summed E-state index contributed by atoms with van der Waals surface area (Å²) >= 11 is 0. The number of anilines is 1. The monoisotopic (exact) mass is 212 g/mol. The van der Waals surface area contributed by atoms with Gasteiger partial charge in [0.05, 0.1) is 0 Å². The summed E-state index contributed by atoms with van der Waals surface area (Å²) in [7, 11) is 0.